The molecule has 0 bridgehead atoms. The fourth-order valence-corrected chi connectivity index (χ4v) is 5.22. The number of likely N-dealkylation sites (tertiary alicyclic amines) is 1. The van der Waals surface area contributed by atoms with Crippen molar-refractivity contribution in [2.45, 2.75) is 31.9 Å². The van der Waals surface area contributed by atoms with Gasteiger partial charge < -0.3 is 15.7 Å². The molecule has 3 unspecified atom stereocenters. The largest absolute Gasteiger partial charge is 0.386 e. The highest BCUT2D eigenvalue weighted by molar-refractivity contribution is 14.0. The van der Waals surface area contributed by atoms with Gasteiger partial charge >= 0.3 is 0 Å². The first kappa shape index (κ1) is 25.4. The summed E-state index contributed by atoms with van der Waals surface area (Å²) < 4.78 is 0. The van der Waals surface area contributed by atoms with E-state index in [4.69, 9.17) is 11.6 Å². The molecule has 1 aromatic carbocycles. The number of nitrogens with zero attached hydrogens (tertiary/aromatic N) is 2. The third kappa shape index (κ3) is 6.82. The van der Waals surface area contributed by atoms with Gasteiger partial charge in [0.1, 0.15) is 6.10 Å². The van der Waals surface area contributed by atoms with E-state index in [1.165, 1.54) is 17.7 Å². The van der Waals surface area contributed by atoms with E-state index in [1.54, 1.807) is 6.07 Å². The van der Waals surface area contributed by atoms with E-state index in [9.17, 15) is 5.11 Å². The summed E-state index contributed by atoms with van der Waals surface area (Å²) >= 11 is 8.03. The number of guanidine groups is 1. The van der Waals surface area contributed by atoms with Crippen molar-refractivity contribution >= 4 is 52.9 Å². The standard InChI is InChI=1S/C22H31ClN4OS.HI/c1-3-24-22(26-15-19(28)17-9-4-5-10-18(17)23)25-14-16-8-6-12-27(2)21(16)20-11-7-13-29-20;/h4-5,7,9-11,13,16,19,21,28H,3,6,8,12,14-15H2,1-2H3,(H2,24,25,26);1H. The van der Waals surface area contributed by atoms with Crippen LogP contribution in [0.4, 0.5) is 0 Å². The van der Waals surface area contributed by atoms with Crippen molar-refractivity contribution in [2.75, 3.05) is 33.2 Å². The summed E-state index contributed by atoms with van der Waals surface area (Å²) in [5, 5.41) is 20.0. The number of aliphatic hydroxyl groups is 1. The number of thiophene rings is 1. The van der Waals surface area contributed by atoms with E-state index in [0.29, 0.717) is 22.5 Å². The van der Waals surface area contributed by atoms with Crippen LogP contribution in [0.15, 0.2) is 46.8 Å². The van der Waals surface area contributed by atoms with Gasteiger partial charge in [0, 0.05) is 34.6 Å². The lowest BCUT2D eigenvalue weighted by Crippen LogP contribution is -2.45. The molecule has 5 nitrogen and oxygen atoms in total. The van der Waals surface area contributed by atoms with Gasteiger partial charge in [-0.25, -0.2) is 0 Å². The molecule has 1 aliphatic heterocycles. The molecule has 1 aromatic heterocycles. The second-order valence-electron chi connectivity index (χ2n) is 7.48. The summed E-state index contributed by atoms with van der Waals surface area (Å²) in [6.07, 6.45) is 1.68. The van der Waals surface area contributed by atoms with Gasteiger partial charge in [-0.3, -0.25) is 9.89 Å². The smallest absolute Gasteiger partial charge is 0.191 e. The molecular weight excluding hydrogens is 531 g/mol. The van der Waals surface area contributed by atoms with E-state index in [0.717, 1.165) is 25.6 Å². The number of hydrogen-bond acceptors (Lipinski definition) is 4. The zero-order valence-electron chi connectivity index (χ0n) is 17.6. The minimum Gasteiger partial charge on any atom is -0.386 e. The highest BCUT2D eigenvalue weighted by Gasteiger charge is 2.31. The number of aliphatic imine (C=N–C) groups is 1. The number of halogens is 2. The van der Waals surface area contributed by atoms with Crippen molar-refractivity contribution in [1.82, 2.24) is 15.5 Å². The zero-order chi connectivity index (χ0) is 20.6. The Labute approximate surface area is 205 Å². The Hall–Kier alpha value is -0.870. The minimum atomic E-state index is -0.723. The Kier molecular flexibility index (Phi) is 10.9. The van der Waals surface area contributed by atoms with Crippen LogP contribution in [0.25, 0.3) is 0 Å². The van der Waals surface area contributed by atoms with Crippen LogP contribution in [-0.2, 0) is 0 Å². The third-order valence-corrected chi connectivity index (χ3v) is 6.69. The predicted molar refractivity (Wildman–Crippen MR) is 138 cm³/mol. The van der Waals surface area contributed by atoms with E-state index >= 15 is 0 Å². The molecule has 3 rings (SSSR count). The lowest BCUT2D eigenvalue weighted by molar-refractivity contribution is 0.125. The van der Waals surface area contributed by atoms with Gasteiger partial charge in [-0.05, 0) is 56.8 Å². The fraction of sp³-hybridized carbons (Fsp3) is 0.500. The number of piperidine rings is 1. The van der Waals surface area contributed by atoms with Crippen LogP contribution in [0.2, 0.25) is 5.02 Å². The van der Waals surface area contributed by atoms with E-state index in [1.807, 2.05) is 36.5 Å². The first-order chi connectivity index (χ1) is 14.1. The lowest BCUT2D eigenvalue weighted by atomic mass is 9.88. The average molecular weight is 563 g/mol. The van der Waals surface area contributed by atoms with Crippen molar-refractivity contribution in [3.63, 3.8) is 0 Å². The van der Waals surface area contributed by atoms with Gasteiger partial charge in [-0.2, -0.15) is 0 Å². The van der Waals surface area contributed by atoms with Gasteiger partial charge in [0.25, 0.3) is 0 Å². The van der Waals surface area contributed by atoms with Crippen LogP contribution in [0, 0.1) is 5.92 Å². The maximum Gasteiger partial charge on any atom is 0.191 e. The average Bonchev–Trinajstić information content (AvgIpc) is 3.24. The van der Waals surface area contributed by atoms with Gasteiger partial charge in [0.2, 0.25) is 0 Å². The Morgan fingerprint density at radius 1 is 1.30 bits per heavy atom. The minimum absolute atomic E-state index is 0. The summed E-state index contributed by atoms with van der Waals surface area (Å²) in [6.45, 7) is 5.06. The zero-order valence-corrected chi connectivity index (χ0v) is 21.5. The van der Waals surface area contributed by atoms with Crippen LogP contribution in [0.1, 0.15) is 42.4 Å². The van der Waals surface area contributed by atoms with Crippen LogP contribution in [0.3, 0.4) is 0 Å². The van der Waals surface area contributed by atoms with Gasteiger partial charge in [-0.15, -0.1) is 35.3 Å². The second kappa shape index (κ2) is 12.9. The maximum atomic E-state index is 10.5. The molecule has 2 aromatic rings. The van der Waals surface area contributed by atoms with E-state index < -0.39 is 6.10 Å². The maximum absolute atomic E-state index is 10.5. The molecule has 166 valence electrons. The first-order valence-corrected chi connectivity index (χ1v) is 11.5. The van der Waals surface area contributed by atoms with Crippen molar-refractivity contribution in [1.29, 1.82) is 0 Å². The Morgan fingerprint density at radius 2 is 2.10 bits per heavy atom. The summed E-state index contributed by atoms with van der Waals surface area (Å²) in [7, 11) is 2.22. The normalized spacial score (nSPS) is 21.0. The van der Waals surface area contributed by atoms with Crippen LogP contribution < -0.4 is 10.6 Å². The number of nitrogens with one attached hydrogen (secondary N) is 2. The Bertz CT molecular complexity index is 789. The number of benzene rings is 1. The highest BCUT2D eigenvalue weighted by Crippen LogP contribution is 2.36. The monoisotopic (exact) mass is 562 g/mol. The van der Waals surface area contributed by atoms with Crippen molar-refractivity contribution < 1.29 is 5.11 Å². The Morgan fingerprint density at radius 3 is 2.80 bits per heavy atom. The molecule has 1 saturated heterocycles. The molecule has 2 heterocycles. The second-order valence-corrected chi connectivity index (χ2v) is 8.87. The molecule has 3 atom stereocenters. The molecule has 1 aliphatic rings. The summed E-state index contributed by atoms with van der Waals surface area (Å²) in [4.78, 5) is 8.49. The van der Waals surface area contributed by atoms with Crippen LogP contribution in [0.5, 0.6) is 0 Å². The number of hydrogen-bond donors (Lipinski definition) is 3. The number of rotatable bonds is 7. The molecule has 0 radical (unpaired) electrons. The highest BCUT2D eigenvalue weighted by atomic mass is 127. The molecule has 0 saturated carbocycles. The van der Waals surface area contributed by atoms with E-state index in [2.05, 4.69) is 45.1 Å². The van der Waals surface area contributed by atoms with Crippen molar-refractivity contribution in [2.24, 2.45) is 10.9 Å². The molecule has 0 amide bonds. The summed E-state index contributed by atoms with van der Waals surface area (Å²) in [5.74, 6) is 1.25. The fourth-order valence-electron chi connectivity index (χ4n) is 3.97. The molecule has 30 heavy (non-hydrogen) atoms. The van der Waals surface area contributed by atoms with Crippen molar-refractivity contribution in [3.8, 4) is 0 Å². The molecule has 1 fully saturated rings. The van der Waals surface area contributed by atoms with Gasteiger partial charge in [0.15, 0.2) is 5.96 Å². The molecule has 3 N–H and O–H groups in total. The van der Waals surface area contributed by atoms with Crippen molar-refractivity contribution in [3.05, 3.63) is 57.2 Å². The number of aliphatic hydroxyl groups excluding tert-OH is 1. The predicted octanol–water partition coefficient (Wildman–Crippen LogP) is 4.69. The van der Waals surface area contributed by atoms with Gasteiger partial charge in [0.05, 0.1) is 6.54 Å². The SMILES string of the molecule is CCNC(=NCC(O)c1ccccc1Cl)NCC1CCCN(C)C1c1cccs1.I. The first-order valence-electron chi connectivity index (χ1n) is 10.3. The van der Waals surface area contributed by atoms with Crippen LogP contribution >= 0.6 is 46.9 Å². The van der Waals surface area contributed by atoms with Crippen LogP contribution in [-0.4, -0.2) is 49.2 Å². The third-order valence-electron chi connectivity index (χ3n) is 5.40. The van der Waals surface area contributed by atoms with Gasteiger partial charge in [-0.1, -0.05) is 35.9 Å². The molecule has 0 spiro atoms. The lowest BCUT2D eigenvalue weighted by Gasteiger charge is -2.39. The summed E-state index contributed by atoms with van der Waals surface area (Å²) in [6, 6.07) is 12.2. The topological polar surface area (TPSA) is 59.9 Å². The molecular formula is C22H32ClIN4OS. The van der Waals surface area contributed by atoms with E-state index in [-0.39, 0.29) is 30.5 Å². The summed E-state index contributed by atoms with van der Waals surface area (Å²) in [5.41, 5.74) is 0.709. The molecule has 8 heteroatoms. The molecule has 0 aliphatic carbocycles. The quantitative estimate of drug-likeness (QED) is 0.260. The Balaban J connectivity index is 0.00000320.